The highest BCUT2D eigenvalue weighted by Gasteiger charge is 2.37. The number of fused-ring (bicyclic) bond motifs is 1. The summed E-state index contributed by atoms with van der Waals surface area (Å²) in [5, 5.41) is 3.06. The average molecular weight is 564 g/mol. The van der Waals surface area contributed by atoms with Crippen LogP contribution in [0.5, 0.6) is 11.5 Å². The summed E-state index contributed by atoms with van der Waals surface area (Å²) in [6.45, 7) is 7.69. The standard InChI is InChI=1S/C33H39F2N3O3/c1-5-12-37(4)26-9-10-27(28(35)17-26)29-15-24(23-8-11-30-31(16-23)41-20-40-30)18-38(29)19-32(39)36-33-21(6-2)13-25(34)14-22(33)7-3/h8-11,13-14,16-17,24,29H,5-7,12,15,18-20H2,1-4H3,(H,36,39)/t24?,29-/m1/s1. The molecule has 0 bridgehead atoms. The lowest BCUT2D eigenvalue weighted by Crippen LogP contribution is -2.34. The lowest BCUT2D eigenvalue weighted by molar-refractivity contribution is -0.117. The summed E-state index contributed by atoms with van der Waals surface area (Å²) in [5.41, 5.74) is 4.70. The zero-order chi connectivity index (χ0) is 29.1. The van der Waals surface area contributed by atoms with Gasteiger partial charge in [0.15, 0.2) is 11.5 Å². The monoisotopic (exact) mass is 563 g/mol. The number of nitrogens with one attached hydrogen (secondary N) is 1. The van der Waals surface area contributed by atoms with Crippen molar-refractivity contribution < 1.29 is 23.0 Å². The van der Waals surface area contributed by atoms with Gasteiger partial charge >= 0.3 is 0 Å². The third-order valence-corrected chi connectivity index (χ3v) is 8.25. The molecule has 6 nitrogen and oxygen atoms in total. The second-order valence-corrected chi connectivity index (χ2v) is 11.0. The molecule has 0 aromatic heterocycles. The lowest BCUT2D eigenvalue weighted by Gasteiger charge is -2.26. The molecule has 3 aromatic rings. The Kier molecular flexibility index (Phi) is 8.78. The first-order valence-electron chi connectivity index (χ1n) is 14.6. The van der Waals surface area contributed by atoms with Gasteiger partial charge in [-0.3, -0.25) is 9.69 Å². The van der Waals surface area contributed by atoms with Gasteiger partial charge < -0.3 is 19.7 Å². The molecule has 8 heteroatoms. The second kappa shape index (κ2) is 12.5. The Labute approximate surface area is 241 Å². The van der Waals surface area contributed by atoms with Gasteiger partial charge in [-0.05, 0) is 84.7 Å². The number of amides is 1. The number of hydrogen-bond acceptors (Lipinski definition) is 5. The van der Waals surface area contributed by atoms with Gasteiger partial charge in [0.05, 0.1) is 6.54 Å². The van der Waals surface area contributed by atoms with Crippen LogP contribution in [0, 0.1) is 11.6 Å². The van der Waals surface area contributed by atoms with Crippen LogP contribution in [0.25, 0.3) is 0 Å². The number of hydrogen-bond donors (Lipinski definition) is 1. The number of halogens is 2. The Hall–Kier alpha value is -3.65. The number of nitrogens with zero attached hydrogens (tertiary/aromatic N) is 2. The van der Waals surface area contributed by atoms with E-state index in [1.165, 1.54) is 12.1 Å². The van der Waals surface area contributed by atoms with Gasteiger partial charge in [0.25, 0.3) is 0 Å². The molecule has 0 saturated carbocycles. The van der Waals surface area contributed by atoms with Gasteiger partial charge in [0, 0.05) is 43.1 Å². The molecular weight excluding hydrogens is 524 g/mol. The fourth-order valence-corrected chi connectivity index (χ4v) is 6.11. The summed E-state index contributed by atoms with van der Waals surface area (Å²) >= 11 is 0. The summed E-state index contributed by atoms with van der Waals surface area (Å²) in [7, 11) is 1.96. The van der Waals surface area contributed by atoms with Gasteiger partial charge in [-0.25, -0.2) is 8.78 Å². The Balaban J connectivity index is 1.42. The van der Waals surface area contributed by atoms with Crippen molar-refractivity contribution in [2.45, 2.75) is 58.4 Å². The molecule has 0 spiro atoms. The molecule has 218 valence electrons. The van der Waals surface area contributed by atoms with Gasteiger partial charge in [0.2, 0.25) is 12.7 Å². The first kappa shape index (κ1) is 28.9. The quantitative estimate of drug-likeness (QED) is 0.293. The van der Waals surface area contributed by atoms with E-state index in [0.717, 1.165) is 41.1 Å². The van der Waals surface area contributed by atoms with E-state index in [0.29, 0.717) is 42.8 Å². The molecular formula is C33H39F2N3O3. The van der Waals surface area contributed by atoms with Crippen LogP contribution < -0.4 is 19.7 Å². The van der Waals surface area contributed by atoms with E-state index < -0.39 is 0 Å². The topological polar surface area (TPSA) is 54.0 Å². The number of ether oxygens (including phenoxy) is 2. The molecule has 1 saturated heterocycles. The van der Waals surface area contributed by atoms with Crippen LogP contribution in [-0.4, -0.2) is 44.3 Å². The van der Waals surface area contributed by atoms with E-state index in [-0.39, 0.29) is 42.8 Å². The van der Waals surface area contributed by atoms with Crippen LogP contribution in [0.2, 0.25) is 0 Å². The predicted octanol–water partition coefficient (Wildman–Crippen LogP) is 6.83. The van der Waals surface area contributed by atoms with Gasteiger partial charge in [0.1, 0.15) is 11.6 Å². The predicted molar refractivity (Wildman–Crippen MR) is 158 cm³/mol. The van der Waals surface area contributed by atoms with Crippen LogP contribution >= 0.6 is 0 Å². The van der Waals surface area contributed by atoms with Crippen molar-refractivity contribution in [3.8, 4) is 11.5 Å². The highest BCUT2D eigenvalue weighted by molar-refractivity contribution is 5.94. The maximum absolute atomic E-state index is 15.7. The summed E-state index contributed by atoms with van der Waals surface area (Å²) in [5.74, 6) is 0.735. The number of rotatable bonds is 10. The van der Waals surface area contributed by atoms with Crippen molar-refractivity contribution in [2.24, 2.45) is 0 Å². The zero-order valence-corrected chi connectivity index (χ0v) is 24.3. The van der Waals surface area contributed by atoms with E-state index in [4.69, 9.17) is 9.47 Å². The van der Waals surface area contributed by atoms with Gasteiger partial charge in [-0.1, -0.05) is 32.9 Å². The lowest BCUT2D eigenvalue weighted by atomic mass is 9.93. The van der Waals surface area contributed by atoms with Crippen LogP contribution in [0.15, 0.2) is 48.5 Å². The number of benzene rings is 3. The molecule has 3 aromatic carbocycles. The molecule has 1 fully saturated rings. The number of carbonyl (C=O) groups is 1. The van der Waals surface area contributed by atoms with Crippen LogP contribution in [0.4, 0.5) is 20.2 Å². The van der Waals surface area contributed by atoms with E-state index in [9.17, 15) is 9.18 Å². The summed E-state index contributed by atoms with van der Waals surface area (Å²) in [6.07, 6.45) is 2.83. The summed E-state index contributed by atoms with van der Waals surface area (Å²) < 4.78 is 40.9. The Bertz CT molecular complexity index is 1390. The minimum absolute atomic E-state index is 0.0763. The van der Waals surface area contributed by atoms with E-state index in [1.54, 1.807) is 6.07 Å². The van der Waals surface area contributed by atoms with Crippen LogP contribution in [0.1, 0.15) is 67.8 Å². The summed E-state index contributed by atoms with van der Waals surface area (Å²) in [6, 6.07) is 14.0. The Morgan fingerprint density at radius 1 is 1.00 bits per heavy atom. The smallest absolute Gasteiger partial charge is 0.238 e. The maximum atomic E-state index is 15.7. The Morgan fingerprint density at radius 2 is 1.73 bits per heavy atom. The molecule has 1 N–H and O–H groups in total. The first-order chi connectivity index (χ1) is 19.8. The molecule has 2 atom stereocenters. The normalized spacial score (nSPS) is 18.1. The highest BCUT2D eigenvalue weighted by atomic mass is 19.1. The fourth-order valence-electron chi connectivity index (χ4n) is 6.11. The third kappa shape index (κ3) is 6.17. The summed E-state index contributed by atoms with van der Waals surface area (Å²) in [4.78, 5) is 17.6. The van der Waals surface area contributed by atoms with Crippen LogP contribution in [-0.2, 0) is 17.6 Å². The molecule has 2 heterocycles. The van der Waals surface area contributed by atoms with Crippen molar-refractivity contribution in [3.63, 3.8) is 0 Å². The molecule has 1 unspecified atom stereocenters. The minimum Gasteiger partial charge on any atom is -0.454 e. The van der Waals surface area contributed by atoms with Crippen molar-refractivity contribution in [1.82, 2.24) is 4.90 Å². The highest BCUT2D eigenvalue weighted by Crippen LogP contribution is 2.44. The minimum atomic E-state index is -0.300. The van der Waals surface area contributed by atoms with E-state index >= 15 is 4.39 Å². The molecule has 2 aliphatic heterocycles. The average Bonchev–Trinajstić information content (AvgIpc) is 3.60. The Morgan fingerprint density at radius 3 is 2.41 bits per heavy atom. The van der Waals surface area contributed by atoms with Crippen molar-refractivity contribution in [2.75, 3.05) is 43.7 Å². The van der Waals surface area contributed by atoms with Crippen molar-refractivity contribution >= 4 is 17.3 Å². The number of carbonyl (C=O) groups excluding carboxylic acids is 1. The number of aryl methyl sites for hydroxylation is 2. The number of anilines is 2. The van der Waals surface area contributed by atoms with Gasteiger partial charge in [-0.2, -0.15) is 0 Å². The van der Waals surface area contributed by atoms with Crippen molar-refractivity contribution in [3.05, 3.63) is 82.4 Å². The maximum Gasteiger partial charge on any atom is 0.238 e. The molecule has 2 aliphatic rings. The van der Waals surface area contributed by atoms with Crippen molar-refractivity contribution in [1.29, 1.82) is 0 Å². The largest absolute Gasteiger partial charge is 0.454 e. The SMILES string of the molecule is CCCN(C)c1ccc([C@H]2CC(c3ccc4c(c3)OCO4)CN2CC(=O)Nc2c(CC)cc(F)cc2CC)c(F)c1. The third-order valence-electron chi connectivity index (χ3n) is 8.25. The van der Waals surface area contributed by atoms with Crippen LogP contribution in [0.3, 0.4) is 0 Å². The fraction of sp³-hybridized carbons (Fsp3) is 0.424. The molecule has 0 aliphatic carbocycles. The zero-order valence-electron chi connectivity index (χ0n) is 24.3. The van der Waals surface area contributed by atoms with E-state index in [2.05, 4.69) is 17.1 Å². The molecule has 1 amide bonds. The molecule has 41 heavy (non-hydrogen) atoms. The van der Waals surface area contributed by atoms with E-state index in [1.807, 2.05) is 56.1 Å². The number of likely N-dealkylation sites (tertiary alicyclic amines) is 1. The van der Waals surface area contributed by atoms with Gasteiger partial charge in [-0.15, -0.1) is 0 Å². The first-order valence-corrected chi connectivity index (χ1v) is 14.6. The second-order valence-electron chi connectivity index (χ2n) is 11.0. The molecule has 5 rings (SSSR count). The molecule has 0 radical (unpaired) electrons.